The smallest absolute Gasteiger partial charge is 0.334 e. The van der Waals surface area contributed by atoms with Gasteiger partial charge in [-0.2, -0.15) is 0 Å². The molecule has 1 fully saturated rings. The van der Waals surface area contributed by atoms with Crippen LogP contribution in [-0.4, -0.2) is 36.5 Å². The van der Waals surface area contributed by atoms with Crippen molar-refractivity contribution in [2.75, 3.05) is 18.6 Å². The fourth-order valence-electron chi connectivity index (χ4n) is 3.62. The van der Waals surface area contributed by atoms with Crippen LogP contribution in [0, 0.1) is 5.92 Å². The van der Waals surface area contributed by atoms with Gasteiger partial charge in [-0.25, -0.2) is 4.79 Å². The molecule has 2 unspecified atom stereocenters. The Bertz CT molecular complexity index is 897. The number of hydrogen-bond donors (Lipinski definition) is 2. The maximum Gasteiger partial charge on any atom is 0.334 e. The van der Waals surface area contributed by atoms with Crippen LogP contribution in [0.25, 0.3) is 0 Å². The summed E-state index contributed by atoms with van der Waals surface area (Å²) in [6, 6.07) is 15.6. The second-order valence-electron chi connectivity index (χ2n) is 7.02. The van der Waals surface area contributed by atoms with Gasteiger partial charge in [0.05, 0.1) is 13.0 Å². The van der Waals surface area contributed by atoms with E-state index in [1.54, 1.807) is 73.5 Å². The van der Waals surface area contributed by atoms with Gasteiger partial charge in [-0.05, 0) is 36.2 Å². The van der Waals surface area contributed by atoms with Crippen molar-refractivity contribution in [2.45, 2.75) is 25.3 Å². The van der Waals surface area contributed by atoms with Gasteiger partial charge in [0, 0.05) is 18.7 Å². The first kappa shape index (κ1) is 20.4. The van der Waals surface area contributed by atoms with Crippen molar-refractivity contribution in [1.29, 1.82) is 0 Å². The van der Waals surface area contributed by atoms with Gasteiger partial charge in [0.15, 0.2) is 5.54 Å². The van der Waals surface area contributed by atoms with E-state index < -0.39 is 23.3 Å². The van der Waals surface area contributed by atoms with Gasteiger partial charge in [0.1, 0.15) is 5.75 Å². The predicted molar refractivity (Wildman–Crippen MR) is 108 cm³/mol. The number of nitrogens with one attached hydrogen (secondary N) is 1. The molecule has 0 aromatic heterocycles. The zero-order chi connectivity index (χ0) is 21.0. The normalized spacial score (nSPS) is 18.2. The fraction of sp³-hybridized carbons (Fsp3) is 0.318. The van der Waals surface area contributed by atoms with E-state index in [9.17, 15) is 19.5 Å². The van der Waals surface area contributed by atoms with E-state index in [1.165, 1.54) is 0 Å². The molecule has 2 N–H and O–H groups in total. The molecule has 1 heterocycles. The Hall–Kier alpha value is -3.35. The van der Waals surface area contributed by atoms with Crippen LogP contribution in [0.2, 0.25) is 0 Å². The van der Waals surface area contributed by atoms with Gasteiger partial charge < -0.3 is 20.1 Å². The van der Waals surface area contributed by atoms with E-state index >= 15 is 0 Å². The SMILES string of the molecule is CCC(NC(=O)C1CC(=O)N(c2ccc(OC)cc2)C1)(C(=O)O)c1ccccc1. The summed E-state index contributed by atoms with van der Waals surface area (Å²) < 4.78 is 5.13. The number of hydrogen-bond acceptors (Lipinski definition) is 4. The molecule has 7 heteroatoms. The van der Waals surface area contributed by atoms with Crippen LogP contribution in [-0.2, 0) is 19.9 Å². The third-order valence-electron chi connectivity index (χ3n) is 5.38. The number of aliphatic carboxylic acids is 1. The summed E-state index contributed by atoms with van der Waals surface area (Å²) in [5, 5.41) is 12.6. The Kier molecular flexibility index (Phi) is 5.87. The highest BCUT2D eigenvalue weighted by atomic mass is 16.5. The monoisotopic (exact) mass is 396 g/mol. The molecule has 0 spiro atoms. The standard InChI is InChI=1S/C22H24N2O5/c1-3-22(21(27)28,16-7-5-4-6-8-16)23-20(26)15-13-19(25)24(14-15)17-9-11-18(29-2)12-10-17/h4-12,15H,3,13-14H2,1-2H3,(H,23,26)(H,27,28). The van der Waals surface area contributed by atoms with Crippen LogP contribution < -0.4 is 15.0 Å². The number of benzene rings is 2. The van der Waals surface area contributed by atoms with Gasteiger partial charge >= 0.3 is 5.97 Å². The van der Waals surface area contributed by atoms with E-state index in [4.69, 9.17) is 4.74 Å². The van der Waals surface area contributed by atoms with E-state index in [0.717, 1.165) is 0 Å². The summed E-state index contributed by atoms with van der Waals surface area (Å²) >= 11 is 0. The molecule has 2 atom stereocenters. The zero-order valence-electron chi connectivity index (χ0n) is 16.4. The minimum absolute atomic E-state index is 0.0338. The van der Waals surface area contributed by atoms with E-state index in [-0.39, 0.29) is 25.3 Å². The van der Waals surface area contributed by atoms with Crippen LogP contribution in [0.1, 0.15) is 25.3 Å². The molecule has 0 aliphatic carbocycles. The average molecular weight is 396 g/mol. The number of rotatable bonds is 7. The van der Waals surface area contributed by atoms with Crippen LogP contribution in [0.5, 0.6) is 5.75 Å². The van der Waals surface area contributed by atoms with Gasteiger partial charge in [-0.1, -0.05) is 37.3 Å². The Labute approximate surface area is 169 Å². The van der Waals surface area contributed by atoms with Gasteiger partial charge in [0.2, 0.25) is 11.8 Å². The number of carboxylic acid groups (broad SMARTS) is 1. The molecule has 29 heavy (non-hydrogen) atoms. The third kappa shape index (κ3) is 3.94. The first-order valence-electron chi connectivity index (χ1n) is 9.46. The first-order valence-corrected chi connectivity index (χ1v) is 9.46. The van der Waals surface area contributed by atoms with E-state index in [1.807, 2.05) is 0 Å². The summed E-state index contributed by atoms with van der Waals surface area (Å²) in [7, 11) is 1.56. The molecule has 1 aliphatic heterocycles. The summed E-state index contributed by atoms with van der Waals surface area (Å²) in [5.41, 5.74) is -0.358. The molecule has 2 aromatic carbocycles. The number of ether oxygens (including phenoxy) is 1. The molecule has 0 bridgehead atoms. The van der Waals surface area contributed by atoms with Crippen LogP contribution in [0.3, 0.4) is 0 Å². The number of nitrogens with zero attached hydrogens (tertiary/aromatic N) is 1. The maximum atomic E-state index is 12.9. The molecular weight excluding hydrogens is 372 g/mol. The summed E-state index contributed by atoms with van der Waals surface area (Å²) in [5.74, 6) is -1.70. The molecule has 0 radical (unpaired) electrons. The molecule has 152 valence electrons. The fourth-order valence-corrected chi connectivity index (χ4v) is 3.62. The third-order valence-corrected chi connectivity index (χ3v) is 5.38. The lowest BCUT2D eigenvalue weighted by Gasteiger charge is -2.31. The highest BCUT2D eigenvalue weighted by molar-refractivity contribution is 6.01. The number of carboxylic acids is 1. The molecule has 7 nitrogen and oxygen atoms in total. The van der Waals surface area contributed by atoms with Crippen molar-refractivity contribution in [3.8, 4) is 5.75 Å². The Morgan fingerprint density at radius 3 is 2.38 bits per heavy atom. The second-order valence-corrected chi connectivity index (χ2v) is 7.02. The van der Waals surface area contributed by atoms with Crippen LogP contribution >= 0.6 is 0 Å². The summed E-state index contributed by atoms with van der Waals surface area (Å²) in [6.07, 6.45) is 0.215. The molecule has 1 saturated heterocycles. The summed E-state index contributed by atoms with van der Waals surface area (Å²) in [6.45, 7) is 1.91. The van der Waals surface area contributed by atoms with Gasteiger partial charge in [0.25, 0.3) is 0 Å². The number of carbonyl (C=O) groups excluding carboxylic acids is 2. The van der Waals surface area contributed by atoms with E-state index in [2.05, 4.69) is 5.32 Å². The predicted octanol–water partition coefficient (Wildman–Crippen LogP) is 2.55. The van der Waals surface area contributed by atoms with Crippen molar-refractivity contribution in [3.63, 3.8) is 0 Å². The molecule has 0 saturated carbocycles. The van der Waals surface area contributed by atoms with Crippen molar-refractivity contribution >= 4 is 23.5 Å². The van der Waals surface area contributed by atoms with Crippen LogP contribution in [0.15, 0.2) is 54.6 Å². The minimum Gasteiger partial charge on any atom is -0.497 e. The largest absolute Gasteiger partial charge is 0.497 e. The maximum absolute atomic E-state index is 12.9. The zero-order valence-corrected chi connectivity index (χ0v) is 16.4. The van der Waals surface area contributed by atoms with Crippen LogP contribution in [0.4, 0.5) is 5.69 Å². The van der Waals surface area contributed by atoms with Crippen molar-refractivity contribution < 1.29 is 24.2 Å². The van der Waals surface area contributed by atoms with Crippen molar-refractivity contribution in [2.24, 2.45) is 5.92 Å². The number of methoxy groups -OCH3 is 1. The lowest BCUT2D eigenvalue weighted by Crippen LogP contribution is -2.53. The Morgan fingerprint density at radius 1 is 1.17 bits per heavy atom. The molecule has 1 aliphatic rings. The Balaban J connectivity index is 1.79. The topological polar surface area (TPSA) is 95.9 Å². The highest BCUT2D eigenvalue weighted by Gasteiger charge is 2.43. The van der Waals surface area contributed by atoms with Crippen molar-refractivity contribution in [3.05, 3.63) is 60.2 Å². The summed E-state index contributed by atoms with van der Waals surface area (Å²) in [4.78, 5) is 39.1. The quantitative estimate of drug-likeness (QED) is 0.750. The Morgan fingerprint density at radius 2 is 1.83 bits per heavy atom. The van der Waals surface area contributed by atoms with Crippen molar-refractivity contribution in [1.82, 2.24) is 5.32 Å². The van der Waals surface area contributed by atoms with E-state index in [0.29, 0.717) is 17.0 Å². The molecule has 3 rings (SSSR count). The highest BCUT2D eigenvalue weighted by Crippen LogP contribution is 2.30. The number of carbonyl (C=O) groups is 3. The number of anilines is 1. The first-order chi connectivity index (χ1) is 13.9. The van der Waals surface area contributed by atoms with Gasteiger partial charge in [-0.3, -0.25) is 9.59 Å². The molecule has 2 amide bonds. The molecule has 2 aromatic rings. The molecular formula is C22H24N2O5. The lowest BCUT2D eigenvalue weighted by molar-refractivity contribution is -0.149. The minimum atomic E-state index is -1.53. The lowest BCUT2D eigenvalue weighted by atomic mass is 9.86. The average Bonchev–Trinajstić information content (AvgIpc) is 3.14. The number of amides is 2. The van der Waals surface area contributed by atoms with Gasteiger partial charge in [-0.15, -0.1) is 0 Å². The second kappa shape index (κ2) is 8.34.